The van der Waals surface area contributed by atoms with Crippen molar-refractivity contribution in [2.75, 3.05) is 0 Å². The van der Waals surface area contributed by atoms with Gasteiger partial charge in [0.1, 0.15) is 11.1 Å². The Hall–Kier alpha value is -1.09. The summed E-state index contributed by atoms with van der Waals surface area (Å²) in [4.78, 5) is 2.19. The molecule has 2 rings (SSSR count). The van der Waals surface area contributed by atoms with Crippen molar-refractivity contribution in [3.05, 3.63) is 28.0 Å². The van der Waals surface area contributed by atoms with E-state index in [-0.39, 0.29) is 0 Å². The van der Waals surface area contributed by atoms with Crippen molar-refractivity contribution in [3.63, 3.8) is 0 Å². The summed E-state index contributed by atoms with van der Waals surface area (Å²) in [5.74, 6) is 0. The molecule has 0 saturated heterocycles. The standard InChI is InChI=1S/C10H6N2S3/c11-5-7-6(8-2-1-3-15-8)4-9(13)12-10(7)14/h1-3H,4H2,(H,12,13,14). The lowest BCUT2D eigenvalue weighted by Crippen LogP contribution is -2.33. The number of thiophene rings is 1. The van der Waals surface area contributed by atoms with Crippen molar-refractivity contribution in [2.45, 2.75) is 6.42 Å². The maximum absolute atomic E-state index is 9.04. The van der Waals surface area contributed by atoms with Gasteiger partial charge in [0.2, 0.25) is 0 Å². The fraction of sp³-hybridized carbons (Fsp3) is 0.100. The van der Waals surface area contributed by atoms with Crippen LogP contribution in [0.1, 0.15) is 11.3 Å². The molecule has 0 aromatic carbocycles. The zero-order chi connectivity index (χ0) is 10.8. The fourth-order valence-electron chi connectivity index (χ4n) is 1.40. The van der Waals surface area contributed by atoms with E-state index in [1.165, 1.54) is 0 Å². The number of hydrogen-bond donors (Lipinski definition) is 1. The molecule has 0 radical (unpaired) electrons. The minimum atomic E-state index is 0.442. The highest BCUT2D eigenvalue weighted by Gasteiger charge is 2.21. The predicted octanol–water partition coefficient (Wildman–Crippen LogP) is 2.67. The smallest absolute Gasteiger partial charge is 0.122 e. The van der Waals surface area contributed by atoms with Gasteiger partial charge >= 0.3 is 0 Å². The van der Waals surface area contributed by atoms with Crippen LogP contribution in [0.2, 0.25) is 0 Å². The Bertz CT molecular complexity index is 491. The van der Waals surface area contributed by atoms with Crippen LogP contribution in [0.15, 0.2) is 23.1 Å². The molecule has 0 unspecified atom stereocenters. The van der Waals surface area contributed by atoms with Crippen molar-refractivity contribution in [1.82, 2.24) is 5.32 Å². The van der Waals surface area contributed by atoms with Gasteiger partial charge in [-0.15, -0.1) is 11.3 Å². The average molecular weight is 250 g/mol. The first-order valence-electron chi connectivity index (χ1n) is 4.23. The van der Waals surface area contributed by atoms with Gasteiger partial charge in [-0.2, -0.15) is 5.26 Å². The third kappa shape index (κ3) is 1.97. The second kappa shape index (κ2) is 4.19. The molecule has 1 aromatic rings. The highest BCUT2D eigenvalue weighted by molar-refractivity contribution is 7.82. The minimum Gasteiger partial charge on any atom is -0.340 e. The molecule has 1 N–H and O–H groups in total. The molecule has 1 aliphatic rings. The summed E-state index contributed by atoms with van der Waals surface area (Å²) in [6.07, 6.45) is 0.596. The van der Waals surface area contributed by atoms with Crippen molar-refractivity contribution in [3.8, 4) is 6.07 Å². The number of nitrogens with one attached hydrogen (secondary N) is 1. The second-order valence-corrected chi connectivity index (χ2v) is 4.85. The second-order valence-electron chi connectivity index (χ2n) is 3.00. The Kier molecular flexibility index (Phi) is 2.91. The van der Waals surface area contributed by atoms with Crippen molar-refractivity contribution < 1.29 is 0 Å². The van der Waals surface area contributed by atoms with Crippen molar-refractivity contribution in [1.29, 1.82) is 5.26 Å². The summed E-state index contributed by atoms with van der Waals surface area (Å²) < 4.78 is 0. The minimum absolute atomic E-state index is 0.442. The van der Waals surface area contributed by atoms with E-state index >= 15 is 0 Å². The highest BCUT2D eigenvalue weighted by Crippen LogP contribution is 2.29. The van der Waals surface area contributed by atoms with E-state index in [0.29, 0.717) is 22.0 Å². The van der Waals surface area contributed by atoms with Crippen LogP contribution >= 0.6 is 35.8 Å². The Labute approximate surface area is 102 Å². The van der Waals surface area contributed by atoms with Gasteiger partial charge in [0.15, 0.2) is 0 Å². The Balaban J connectivity index is 2.55. The van der Waals surface area contributed by atoms with E-state index in [4.69, 9.17) is 29.7 Å². The molecule has 74 valence electrons. The van der Waals surface area contributed by atoms with Gasteiger partial charge in [-0.1, -0.05) is 30.5 Å². The summed E-state index contributed by atoms with van der Waals surface area (Å²) in [5.41, 5.74) is 1.49. The summed E-state index contributed by atoms with van der Waals surface area (Å²) >= 11 is 11.8. The van der Waals surface area contributed by atoms with E-state index in [1.54, 1.807) is 11.3 Å². The molecule has 2 heterocycles. The quantitative estimate of drug-likeness (QED) is 0.777. The molecule has 0 aliphatic carbocycles. The number of nitrogens with zero attached hydrogens (tertiary/aromatic N) is 1. The molecule has 2 nitrogen and oxygen atoms in total. The highest BCUT2D eigenvalue weighted by atomic mass is 32.1. The van der Waals surface area contributed by atoms with Gasteiger partial charge in [0.25, 0.3) is 0 Å². The first-order chi connectivity index (χ1) is 7.22. The third-order valence-corrected chi connectivity index (χ3v) is 3.53. The van der Waals surface area contributed by atoms with E-state index in [1.807, 2.05) is 17.5 Å². The first kappa shape index (κ1) is 10.4. The average Bonchev–Trinajstić information content (AvgIpc) is 2.69. The fourth-order valence-corrected chi connectivity index (χ4v) is 2.78. The van der Waals surface area contributed by atoms with E-state index in [0.717, 1.165) is 10.5 Å². The molecule has 15 heavy (non-hydrogen) atoms. The van der Waals surface area contributed by atoms with E-state index in [2.05, 4.69) is 11.4 Å². The van der Waals surface area contributed by atoms with Gasteiger partial charge in [-0.05, 0) is 17.0 Å². The first-order valence-corrected chi connectivity index (χ1v) is 5.93. The molecule has 0 spiro atoms. The van der Waals surface area contributed by atoms with E-state index < -0.39 is 0 Å². The van der Waals surface area contributed by atoms with Crippen LogP contribution in [-0.4, -0.2) is 9.98 Å². The normalized spacial score (nSPS) is 16.2. The molecule has 0 atom stereocenters. The topological polar surface area (TPSA) is 35.8 Å². The van der Waals surface area contributed by atoms with Crippen LogP contribution in [0.4, 0.5) is 0 Å². The molecule has 0 bridgehead atoms. The van der Waals surface area contributed by atoms with Crippen molar-refractivity contribution >= 4 is 51.3 Å². The SMILES string of the molecule is N#CC1=C(c2cccs2)CC(=S)NC1=S. The van der Waals surface area contributed by atoms with Crippen LogP contribution in [0.25, 0.3) is 5.57 Å². The Morgan fingerprint density at radius 2 is 2.27 bits per heavy atom. The molecule has 0 saturated carbocycles. The molecule has 1 aromatic heterocycles. The molecular formula is C10H6N2S3. The zero-order valence-corrected chi connectivity index (χ0v) is 10.1. The molecule has 0 fully saturated rings. The zero-order valence-electron chi connectivity index (χ0n) is 7.61. The van der Waals surface area contributed by atoms with Crippen LogP contribution < -0.4 is 5.32 Å². The van der Waals surface area contributed by atoms with Gasteiger partial charge in [-0.3, -0.25) is 0 Å². The summed E-state index contributed by atoms with van der Waals surface area (Å²) in [7, 11) is 0. The maximum atomic E-state index is 9.04. The van der Waals surface area contributed by atoms with Crippen LogP contribution in [0.3, 0.4) is 0 Å². The maximum Gasteiger partial charge on any atom is 0.122 e. The monoisotopic (exact) mass is 250 g/mol. The molecule has 0 amide bonds. The van der Waals surface area contributed by atoms with E-state index in [9.17, 15) is 0 Å². The van der Waals surface area contributed by atoms with Gasteiger partial charge in [0, 0.05) is 11.3 Å². The lowest BCUT2D eigenvalue weighted by Gasteiger charge is -2.18. The Morgan fingerprint density at radius 3 is 2.87 bits per heavy atom. The van der Waals surface area contributed by atoms with Gasteiger partial charge in [0.05, 0.1) is 10.6 Å². The summed E-state index contributed by atoms with van der Waals surface area (Å²) in [5, 5.41) is 13.9. The van der Waals surface area contributed by atoms with Crippen LogP contribution in [0.5, 0.6) is 0 Å². The van der Waals surface area contributed by atoms with Crippen LogP contribution in [-0.2, 0) is 0 Å². The van der Waals surface area contributed by atoms with Crippen LogP contribution in [0, 0.1) is 11.3 Å². The largest absolute Gasteiger partial charge is 0.340 e. The van der Waals surface area contributed by atoms with Crippen molar-refractivity contribution in [2.24, 2.45) is 0 Å². The predicted molar refractivity (Wildman–Crippen MR) is 69.8 cm³/mol. The lowest BCUT2D eigenvalue weighted by atomic mass is 10.0. The number of rotatable bonds is 1. The summed E-state index contributed by atoms with van der Waals surface area (Å²) in [6, 6.07) is 6.07. The third-order valence-electron chi connectivity index (χ3n) is 2.05. The van der Waals surface area contributed by atoms with Gasteiger partial charge < -0.3 is 5.32 Å². The Morgan fingerprint density at radius 1 is 1.47 bits per heavy atom. The molecular weight excluding hydrogens is 244 g/mol. The summed E-state index contributed by atoms with van der Waals surface area (Å²) in [6.45, 7) is 0. The number of thiocarbonyl (C=S) groups is 2. The number of nitriles is 1. The lowest BCUT2D eigenvalue weighted by molar-refractivity contribution is 1.30. The van der Waals surface area contributed by atoms with Gasteiger partial charge in [-0.25, -0.2) is 0 Å². The molecule has 1 aliphatic heterocycles. The molecule has 5 heteroatoms. The number of hydrogen-bond acceptors (Lipinski definition) is 4.